The van der Waals surface area contributed by atoms with E-state index < -0.39 is 5.91 Å². The molecule has 0 saturated heterocycles. The predicted octanol–water partition coefficient (Wildman–Crippen LogP) is 2.04. The van der Waals surface area contributed by atoms with E-state index in [0.29, 0.717) is 5.56 Å². The Kier molecular flexibility index (Phi) is 3.29. The van der Waals surface area contributed by atoms with E-state index >= 15 is 0 Å². The van der Waals surface area contributed by atoms with Crippen molar-refractivity contribution < 1.29 is 4.79 Å². The van der Waals surface area contributed by atoms with E-state index in [1.54, 1.807) is 24.3 Å². The van der Waals surface area contributed by atoms with Crippen LogP contribution in [0.25, 0.3) is 16.0 Å². The van der Waals surface area contributed by atoms with Gasteiger partial charge in [-0.15, -0.1) is 5.53 Å². The molecule has 0 bridgehead atoms. The molecule has 1 N–H and O–H groups in total. The van der Waals surface area contributed by atoms with Crippen LogP contribution in [0.15, 0.2) is 42.1 Å². The van der Waals surface area contributed by atoms with Gasteiger partial charge in [-0.2, -0.15) is 10.3 Å². The number of carbonyl (C=O) groups is 1. The highest BCUT2D eigenvalue weighted by molar-refractivity contribution is 6.18. The molecule has 0 saturated carbocycles. The summed E-state index contributed by atoms with van der Waals surface area (Å²) in [5, 5.41) is 2.94. The topological polar surface area (TPSA) is 77.9 Å². The molecule has 0 radical (unpaired) electrons. The van der Waals surface area contributed by atoms with Crippen molar-refractivity contribution in [1.29, 1.82) is 0 Å². The Bertz CT molecular complexity index is 393. The Labute approximate surface area is 80.7 Å². The SMILES string of the molecule is C=C(C(=O)NN=[N+]=[N-])c1ccccc1. The predicted molar refractivity (Wildman–Crippen MR) is 52.8 cm³/mol. The van der Waals surface area contributed by atoms with Crippen molar-refractivity contribution in [2.75, 3.05) is 0 Å². The summed E-state index contributed by atoms with van der Waals surface area (Å²) in [4.78, 5) is 13.6. The molecule has 14 heavy (non-hydrogen) atoms. The van der Waals surface area contributed by atoms with Gasteiger partial charge >= 0.3 is 5.91 Å². The first-order valence-corrected chi connectivity index (χ1v) is 3.84. The first-order chi connectivity index (χ1) is 6.75. The fourth-order valence-corrected chi connectivity index (χ4v) is 0.906. The molecule has 0 aliphatic carbocycles. The maximum Gasteiger partial charge on any atom is 0.341 e. The summed E-state index contributed by atoms with van der Waals surface area (Å²) in [6.45, 7) is 3.58. The van der Waals surface area contributed by atoms with E-state index in [9.17, 15) is 4.79 Å². The number of azide groups is 1. The Balaban J connectivity index is 2.76. The maximum absolute atomic E-state index is 11.2. The number of benzene rings is 1. The zero-order chi connectivity index (χ0) is 10.4. The molecule has 0 heterocycles. The van der Waals surface area contributed by atoms with Gasteiger partial charge in [0.1, 0.15) is 0 Å². The molecular formula is C9H8N4O. The van der Waals surface area contributed by atoms with Gasteiger partial charge in [0.2, 0.25) is 0 Å². The third-order valence-electron chi connectivity index (χ3n) is 1.59. The molecule has 1 rings (SSSR count). The average molecular weight is 188 g/mol. The standard InChI is InChI=1S/C9H8N4O/c1-7(9(14)11-13-12-10)8-5-3-2-4-6-8/h2-6H,1H2,(H,11,14). The monoisotopic (exact) mass is 188 g/mol. The van der Waals surface area contributed by atoms with E-state index in [2.05, 4.69) is 16.7 Å². The zero-order valence-corrected chi connectivity index (χ0v) is 7.34. The van der Waals surface area contributed by atoms with Crippen molar-refractivity contribution in [3.05, 3.63) is 52.9 Å². The van der Waals surface area contributed by atoms with E-state index in [-0.39, 0.29) is 5.57 Å². The van der Waals surface area contributed by atoms with Crippen LogP contribution in [0.3, 0.4) is 0 Å². The lowest BCUT2D eigenvalue weighted by molar-refractivity contribution is -0.115. The summed E-state index contributed by atoms with van der Waals surface area (Å²) in [7, 11) is 0. The summed E-state index contributed by atoms with van der Waals surface area (Å²) in [6, 6.07) is 8.92. The van der Waals surface area contributed by atoms with Crippen LogP contribution in [0.5, 0.6) is 0 Å². The van der Waals surface area contributed by atoms with Crippen molar-refractivity contribution in [3.8, 4) is 0 Å². The van der Waals surface area contributed by atoms with Crippen LogP contribution in [0.1, 0.15) is 5.56 Å². The number of hydrogen-bond donors (Lipinski definition) is 1. The van der Waals surface area contributed by atoms with Gasteiger partial charge in [0.05, 0.1) is 5.57 Å². The molecular weight excluding hydrogens is 180 g/mol. The molecule has 0 aromatic heterocycles. The first kappa shape index (κ1) is 9.83. The van der Waals surface area contributed by atoms with Gasteiger partial charge in [-0.1, -0.05) is 36.9 Å². The highest BCUT2D eigenvalue weighted by Gasteiger charge is 2.10. The van der Waals surface area contributed by atoms with Crippen molar-refractivity contribution in [2.24, 2.45) is 5.22 Å². The smallest absolute Gasteiger partial charge is 0.241 e. The normalized spacial score (nSPS) is 8.57. The minimum atomic E-state index is -0.506. The molecule has 1 amide bonds. The summed E-state index contributed by atoms with van der Waals surface area (Å²) in [5.74, 6) is -0.506. The molecule has 0 aliphatic rings. The molecule has 70 valence electrons. The fourth-order valence-electron chi connectivity index (χ4n) is 0.906. The van der Waals surface area contributed by atoms with Crippen molar-refractivity contribution in [3.63, 3.8) is 0 Å². The summed E-state index contributed by atoms with van der Waals surface area (Å²) >= 11 is 0. The molecule has 5 nitrogen and oxygen atoms in total. The lowest BCUT2D eigenvalue weighted by atomic mass is 10.1. The van der Waals surface area contributed by atoms with Gasteiger partial charge in [-0.05, 0) is 10.8 Å². The number of carbonyl (C=O) groups excluding carboxylic acids is 1. The third kappa shape index (κ3) is 2.36. The van der Waals surface area contributed by atoms with E-state index in [0.717, 1.165) is 0 Å². The van der Waals surface area contributed by atoms with E-state index in [1.807, 2.05) is 11.5 Å². The van der Waals surface area contributed by atoms with Gasteiger partial charge < -0.3 is 0 Å². The Morgan fingerprint density at radius 3 is 2.64 bits per heavy atom. The van der Waals surface area contributed by atoms with Crippen molar-refractivity contribution in [2.45, 2.75) is 0 Å². The number of hydrogen-bond acceptors (Lipinski definition) is 2. The molecule has 0 aliphatic heterocycles. The fraction of sp³-hybridized carbons (Fsp3) is 0. The Morgan fingerprint density at radius 1 is 1.43 bits per heavy atom. The van der Waals surface area contributed by atoms with Crippen LogP contribution in [-0.2, 0) is 4.79 Å². The van der Waals surface area contributed by atoms with Gasteiger partial charge in [-0.3, -0.25) is 0 Å². The second-order valence-corrected chi connectivity index (χ2v) is 2.47. The van der Waals surface area contributed by atoms with Crippen LogP contribution in [0.4, 0.5) is 0 Å². The highest BCUT2D eigenvalue weighted by atomic mass is 16.2. The van der Waals surface area contributed by atoms with Gasteiger partial charge in [0.25, 0.3) is 0 Å². The van der Waals surface area contributed by atoms with Gasteiger partial charge in [0.15, 0.2) is 0 Å². The van der Waals surface area contributed by atoms with Crippen LogP contribution >= 0.6 is 0 Å². The first-order valence-electron chi connectivity index (χ1n) is 3.84. The summed E-state index contributed by atoms with van der Waals surface area (Å²) < 4.78 is 0. The summed E-state index contributed by atoms with van der Waals surface area (Å²) in [6.07, 6.45) is 0. The molecule has 1 aromatic carbocycles. The quantitative estimate of drug-likeness (QED) is 0.254. The number of rotatable bonds is 3. The van der Waals surface area contributed by atoms with Crippen molar-refractivity contribution >= 4 is 11.5 Å². The Morgan fingerprint density at radius 2 is 2.07 bits per heavy atom. The van der Waals surface area contributed by atoms with E-state index in [1.165, 1.54) is 0 Å². The molecule has 0 atom stereocenters. The lowest BCUT2D eigenvalue weighted by Gasteiger charge is -1.99. The third-order valence-corrected chi connectivity index (χ3v) is 1.59. The lowest BCUT2D eigenvalue weighted by Crippen LogP contribution is -2.17. The second-order valence-electron chi connectivity index (χ2n) is 2.47. The van der Waals surface area contributed by atoms with Gasteiger partial charge in [0, 0.05) is 0 Å². The second kappa shape index (κ2) is 4.69. The molecule has 0 unspecified atom stereocenters. The molecule has 1 aromatic rings. The highest BCUT2D eigenvalue weighted by Crippen LogP contribution is 2.10. The molecule has 5 heteroatoms. The zero-order valence-electron chi connectivity index (χ0n) is 7.34. The number of nitrogens with zero attached hydrogens (tertiary/aromatic N) is 3. The number of amides is 1. The molecule has 0 fully saturated rings. The largest absolute Gasteiger partial charge is 0.341 e. The Hall–Kier alpha value is -2.26. The average Bonchev–Trinajstić information content (AvgIpc) is 2.26. The molecule has 0 spiro atoms. The van der Waals surface area contributed by atoms with Crippen LogP contribution in [0, 0.1) is 0 Å². The summed E-state index contributed by atoms with van der Waals surface area (Å²) in [5.41, 5.74) is 10.9. The van der Waals surface area contributed by atoms with Crippen LogP contribution in [0.2, 0.25) is 0 Å². The van der Waals surface area contributed by atoms with E-state index in [4.69, 9.17) is 5.53 Å². The van der Waals surface area contributed by atoms with Crippen LogP contribution in [-0.4, -0.2) is 5.91 Å². The van der Waals surface area contributed by atoms with Gasteiger partial charge in [-0.25, -0.2) is 4.79 Å². The number of nitrogens with one attached hydrogen (secondary N) is 1. The maximum atomic E-state index is 11.2. The minimum Gasteiger partial charge on any atom is -0.241 e. The van der Waals surface area contributed by atoms with Crippen molar-refractivity contribution in [1.82, 2.24) is 5.43 Å². The minimum absolute atomic E-state index is 0.262. The van der Waals surface area contributed by atoms with Crippen LogP contribution < -0.4 is 5.43 Å².